The van der Waals surface area contributed by atoms with E-state index in [1.807, 2.05) is 4.98 Å². The van der Waals surface area contributed by atoms with E-state index >= 15 is 0 Å². The van der Waals surface area contributed by atoms with Crippen molar-refractivity contribution in [2.75, 3.05) is 7.11 Å². The highest BCUT2D eigenvalue weighted by molar-refractivity contribution is 7.89. The summed E-state index contributed by atoms with van der Waals surface area (Å²) in [6, 6.07) is 0. The van der Waals surface area contributed by atoms with Crippen LogP contribution >= 0.6 is 0 Å². The van der Waals surface area contributed by atoms with Gasteiger partial charge in [-0.15, -0.1) is 13.2 Å². The van der Waals surface area contributed by atoms with Gasteiger partial charge in [0.25, 0.3) is 0 Å². The summed E-state index contributed by atoms with van der Waals surface area (Å²) < 4.78 is 66.0. The molecule has 0 radical (unpaired) electrons. The number of methoxy groups -OCH3 is 1. The van der Waals surface area contributed by atoms with Gasteiger partial charge in [-0.2, -0.15) is 0 Å². The Hall–Kier alpha value is -1.75. The van der Waals surface area contributed by atoms with E-state index in [0.717, 1.165) is 13.3 Å². The molecule has 0 spiro atoms. The number of sulfonamides is 1. The summed E-state index contributed by atoms with van der Waals surface area (Å²) in [4.78, 5) is 12.0. The van der Waals surface area contributed by atoms with E-state index in [-0.39, 0.29) is 0 Å². The van der Waals surface area contributed by atoms with Crippen LogP contribution in [-0.2, 0) is 10.0 Å². The number of pyridine rings is 1. The van der Waals surface area contributed by atoms with Gasteiger partial charge in [-0.3, -0.25) is 4.79 Å². The number of nitrogens with one attached hydrogen (secondary N) is 1. The van der Waals surface area contributed by atoms with E-state index in [9.17, 15) is 26.4 Å². The first-order valence-electron chi connectivity index (χ1n) is 4.14. The van der Waals surface area contributed by atoms with Gasteiger partial charge in [0.2, 0.25) is 21.3 Å². The van der Waals surface area contributed by atoms with Gasteiger partial charge in [-0.25, -0.2) is 13.6 Å². The smallest absolute Gasteiger partial charge is 0.491 e. The molecule has 7 nitrogen and oxygen atoms in total. The molecular weight excluding hydrogens is 281 g/mol. The van der Waals surface area contributed by atoms with Crippen LogP contribution in [-0.4, -0.2) is 26.9 Å². The third-order valence-corrected chi connectivity index (χ3v) is 2.63. The van der Waals surface area contributed by atoms with E-state index < -0.39 is 38.3 Å². The third-order valence-electron chi connectivity index (χ3n) is 1.69. The first-order chi connectivity index (χ1) is 8.06. The quantitative estimate of drug-likeness (QED) is 0.808. The fraction of sp³-hybridized carbons (Fsp3) is 0.286. The maximum Gasteiger partial charge on any atom is 0.574 e. The molecule has 1 aromatic rings. The van der Waals surface area contributed by atoms with Gasteiger partial charge in [0.05, 0.1) is 13.3 Å². The predicted molar refractivity (Wildman–Crippen MR) is 51.7 cm³/mol. The van der Waals surface area contributed by atoms with Crippen molar-refractivity contribution >= 4 is 10.0 Å². The molecular formula is C7H7F3N2O5S. The fourth-order valence-corrected chi connectivity index (χ4v) is 1.80. The normalized spacial score (nSPS) is 12.3. The Kier molecular flexibility index (Phi) is 3.57. The number of nitrogens with two attached hydrogens (primary N) is 1. The summed E-state index contributed by atoms with van der Waals surface area (Å²) in [6.45, 7) is 0. The second-order valence-electron chi connectivity index (χ2n) is 2.94. The van der Waals surface area contributed by atoms with E-state index in [2.05, 4.69) is 14.6 Å². The monoisotopic (exact) mass is 288 g/mol. The van der Waals surface area contributed by atoms with Crippen molar-refractivity contribution in [2.45, 2.75) is 11.3 Å². The lowest BCUT2D eigenvalue weighted by Crippen LogP contribution is -2.27. The zero-order valence-corrected chi connectivity index (χ0v) is 9.55. The van der Waals surface area contributed by atoms with E-state index in [4.69, 9.17) is 0 Å². The van der Waals surface area contributed by atoms with Crippen LogP contribution in [0.25, 0.3) is 0 Å². The number of ether oxygens (including phenoxy) is 2. The maximum atomic E-state index is 12.0. The van der Waals surface area contributed by atoms with Crippen molar-refractivity contribution < 1.29 is 31.1 Å². The highest BCUT2D eigenvalue weighted by Crippen LogP contribution is 2.25. The van der Waals surface area contributed by atoms with Crippen molar-refractivity contribution in [3.63, 3.8) is 0 Å². The first kappa shape index (κ1) is 14.3. The van der Waals surface area contributed by atoms with Gasteiger partial charge in [0, 0.05) is 0 Å². The summed E-state index contributed by atoms with van der Waals surface area (Å²) in [5.41, 5.74) is -1.34. The Bertz CT molecular complexity index is 606. The average Bonchev–Trinajstić information content (AvgIpc) is 2.13. The van der Waals surface area contributed by atoms with Crippen LogP contribution in [0.2, 0.25) is 0 Å². The van der Waals surface area contributed by atoms with Crippen molar-refractivity contribution in [3.05, 3.63) is 16.4 Å². The molecule has 1 rings (SSSR count). The van der Waals surface area contributed by atoms with Crippen LogP contribution in [0.15, 0.2) is 15.9 Å². The topological polar surface area (TPSA) is 111 Å². The molecule has 18 heavy (non-hydrogen) atoms. The number of rotatable bonds is 3. The maximum absolute atomic E-state index is 12.0. The molecule has 0 bridgehead atoms. The zero-order chi connectivity index (χ0) is 14.1. The Labute approximate surface area is 98.4 Å². The van der Waals surface area contributed by atoms with Gasteiger partial charge in [-0.1, -0.05) is 0 Å². The molecule has 0 aliphatic heterocycles. The van der Waals surface area contributed by atoms with Gasteiger partial charge in [-0.05, 0) is 0 Å². The molecule has 1 heterocycles. The summed E-state index contributed by atoms with van der Waals surface area (Å²) in [7, 11) is -3.69. The van der Waals surface area contributed by atoms with Crippen molar-refractivity contribution in [1.29, 1.82) is 0 Å². The van der Waals surface area contributed by atoms with E-state index in [1.54, 1.807) is 0 Å². The fourth-order valence-electron chi connectivity index (χ4n) is 1.08. The van der Waals surface area contributed by atoms with Gasteiger partial charge in [0.1, 0.15) is 0 Å². The Morgan fingerprint density at radius 1 is 1.39 bits per heavy atom. The van der Waals surface area contributed by atoms with Gasteiger partial charge >= 0.3 is 6.36 Å². The van der Waals surface area contributed by atoms with Crippen LogP contribution in [0.1, 0.15) is 0 Å². The summed E-state index contributed by atoms with van der Waals surface area (Å²) >= 11 is 0. The Morgan fingerprint density at radius 2 is 1.94 bits per heavy atom. The number of aromatic amines is 1. The molecule has 0 atom stereocenters. The summed E-state index contributed by atoms with van der Waals surface area (Å²) in [5, 5.41) is 4.65. The van der Waals surface area contributed by atoms with Crippen LogP contribution in [0, 0.1) is 0 Å². The lowest BCUT2D eigenvalue weighted by molar-refractivity contribution is -0.277. The highest BCUT2D eigenvalue weighted by atomic mass is 32.2. The minimum Gasteiger partial charge on any atom is -0.491 e. The highest BCUT2D eigenvalue weighted by Gasteiger charge is 2.35. The lowest BCUT2D eigenvalue weighted by atomic mass is 10.4. The molecule has 0 amide bonds. The number of aromatic nitrogens is 1. The molecule has 1 aromatic heterocycles. The third kappa shape index (κ3) is 3.13. The molecule has 11 heteroatoms. The number of primary sulfonamides is 1. The average molecular weight is 288 g/mol. The van der Waals surface area contributed by atoms with Crippen molar-refractivity contribution in [3.8, 4) is 11.6 Å². The Balaban J connectivity index is 3.55. The minimum absolute atomic E-state index is 0.520. The standard InChI is InChI=1S/C7H7F3N2O5S/c1-16-3-2-12-6(17-7(8,9)10)5(4(3)13)18(11,14)15/h2H,1H3,(H,12,13)(H2,11,14,15). The molecule has 0 saturated heterocycles. The molecule has 0 aliphatic carbocycles. The molecule has 0 aromatic carbocycles. The van der Waals surface area contributed by atoms with Crippen molar-refractivity contribution in [1.82, 2.24) is 4.98 Å². The predicted octanol–water partition coefficient (Wildman–Crippen LogP) is -0.0705. The summed E-state index contributed by atoms with van der Waals surface area (Å²) in [6.07, 6.45) is -4.46. The minimum atomic E-state index is -5.18. The number of alkyl halides is 3. The molecule has 0 unspecified atom stereocenters. The van der Waals surface area contributed by atoms with Crippen LogP contribution in [0.5, 0.6) is 11.6 Å². The molecule has 3 N–H and O–H groups in total. The number of hydrogen-bond acceptors (Lipinski definition) is 5. The zero-order valence-electron chi connectivity index (χ0n) is 8.74. The second kappa shape index (κ2) is 4.49. The van der Waals surface area contributed by atoms with E-state index in [1.165, 1.54) is 0 Å². The second-order valence-corrected chi connectivity index (χ2v) is 4.44. The van der Waals surface area contributed by atoms with Crippen molar-refractivity contribution in [2.24, 2.45) is 5.14 Å². The first-order valence-corrected chi connectivity index (χ1v) is 5.69. The molecule has 0 aliphatic rings. The molecule has 102 valence electrons. The van der Waals surface area contributed by atoms with Crippen LogP contribution < -0.4 is 20.0 Å². The SMILES string of the molecule is COc1c[nH]c(OC(F)(F)F)c(S(N)(=O)=O)c1=O. The van der Waals surface area contributed by atoms with Gasteiger partial charge < -0.3 is 14.5 Å². The van der Waals surface area contributed by atoms with Gasteiger partial charge in [0.15, 0.2) is 10.6 Å². The number of halogens is 3. The largest absolute Gasteiger partial charge is 0.574 e. The van der Waals surface area contributed by atoms with Crippen LogP contribution in [0.3, 0.4) is 0 Å². The van der Waals surface area contributed by atoms with E-state index in [0.29, 0.717) is 0 Å². The number of H-pyrrole nitrogens is 1. The van der Waals surface area contributed by atoms with Crippen LogP contribution in [0.4, 0.5) is 13.2 Å². The molecule has 0 fully saturated rings. The Morgan fingerprint density at radius 3 is 2.33 bits per heavy atom. The lowest BCUT2D eigenvalue weighted by Gasteiger charge is -2.12. The molecule has 0 saturated carbocycles. The summed E-state index contributed by atoms with van der Waals surface area (Å²) in [5.74, 6) is -1.84. The number of hydrogen-bond donors (Lipinski definition) is 2.